The number of aromatic nitrogens is 2. The number of carbonyl (C=O) groups excluding carboxylic acids is 2. The van der Waals surface area contributed by atoms with Crippen LogP contribution in [0, 0.1) is 13.8 Å². The Hall–Kier alpha value is -3.20. The zero-order valence-electron chi connectivity index (χ0n) is 19.2. The number of anilines is 2. The monoisotopic (exact) mass is 528 g/mol. The molecule has 0 spiro atoms. The molecule has 0 saturated carbocycles. The van der Waals surface area contributed by atoms with Crippen molar-refractivity contribution < 1.29 is 9.59 Å². The van der Waals surface area contributed by atoms with Gasteiger partial charge in [0.05, 0.1) is 0 Å². The maximum absolute atomic E-state index is 13.5. The number of thiazole rings is 1. The van der Waals surface area contributed by atoms with Gasteiger partial charge in [0.1, 0.15) is 10.6 Å². The summed E-state index contributed by atoms with van der Waals surface area (Å²) in [6.07, 6.45) is 1.42. The quantitative estimate of drug-likeness (QED) is 0.314. The lowest BCUT2D eigenvalue weighted by molar-refractivity contribution is 0.0989. The number of rotatable bonds is 6. The minimum atomic E-state index is -0.605. The van der Waals surface area contributed by atoms with Crippen molar-refractivity contribution in [3.63, 3.8) is 0 Å². The molecule has 0 fully saturated rings. The summed E-state index contributed by atoms with van der Waals surface area (Å²) in [5, 5.41) is 6.70. The molecular formula is C25H22Cl2N4O3S. The molecule has 0 aliphatic heterocycles. The van der Waals surface area contributed by atoms with E-state index in [4.69, 9.17) is 23.2 Å². The van der Waals surface area contributed by atoms with Crippen molar-refractivity contribution in [3.8, 4) is 0 Å². The number of fused-ring (bicyclic) bond motifs is 1. The SMILES string of the molecule is CCCc1cc(=O)n2c(C(=O)Nc3ccc(Cl)cc3C)c(C(=O)Nc3ccc(Cl)cc3C)sc2n1. The molecule has 0 aliphatic rings. The molecule has 0 saturated heterocycles. The van der Waals surface area contributed by atoms with Crippen molar-refractivity contribution in [1.29, 1.82) is 0 Å². The Morgan fingerprint density at radius 3 is 2.06 bits per heavy atom. The van der Waals surface area contributed by atoms with Crippen molar-refractivity contribution in [2.45, 2.75) is 33.6 Å². The van der Waals surface area contributed by atoms with E-state index in [1.54, 1.807) is 43.3 Å². The van der Waals surface area contributed by atoms with E-state index in [-0.39, 0.29) is 15.5 Å². The first-order chi connectivity index (χ1) is 16.7. The van der Waals surface area contributed by atoms with Crippen LogP contribution in [0.5, 0.6) is 0 Å². The number of hydrogen-bond donors (Lipinski definition) is 2. The molecule has 35 heavy (non-hydrogen) atoms. The van der Waals surface area contributed by atoms with E-state index in [0.29, 0.717) is 33.5 Å². The second-order valence-corrected chi connectivity index (χ2v) is 9.91. The zero-order chi connectivity index (χ0) is 25.3. The predicted molar refractivity (Wildman–Crippen MR) is 142 cm³/mol. The lowest BCUT2D eigenvalue weighted by Gasteiger charge is -2.11. The average molecular weight is 529 g/mol. The van der Waals surface area contributed by atoms with Gasteiger partial charge in [-0.05, 0) is 67.8 Å². The Morgan fingerprint density at radius 1 is 0.943 bits per heavy atom. The van der Waals surface area contributed by atoms with Crippen LogP contribution in [0.1, 0.15) is 50.3 Å². The molecule has 0 aliphatic carbocycles. The van der Waals surface area contributed by atoms with E-state index in [9.17, 15) is 14.4 Å². The topological polar surface area (TPSA) is 92.6 Å². The Balaban J connectivity index is 1.82. The summed E-state index contributed by atoms with van der Waals surface area (Å²) < 4.78 is 1.19. The van der Waals surface area contributed by atoms with Crippen molar-refractivity contribution in [1.82, 2.24) is 9.38 Å². The van der Waals surface area contributed by atoms with Crippen LogP contribution < -0.4 is 16.2 Å². The third kappa shape index (κ3) is 5.24. The molecule has 0 radical (unpaired) electrons. The summed E-state index contributed by atoms with van der Waals surface area (Å²) in [5.74, 6) is -1.13. The third-order valence-electron chi connectivity index (χ3n) is 5.37. The minimum Gasteiger partial charge on any atom is -0.321 e. The van der Waals surface area contributed by atoms with Gasteiger partial charge in [-0.2, -0.15) is 0 Å². The Morgan fingerprint density at radius 2 is 1.51 bits per heavy atom. The molecular weight excluding hydrogens is 507 g/mol. The highest BCUT2D eigenvalue weighted by Gasteiger charge is 2.27. The van der Waals surface area contributed by atoms with Gasteiger partial charge >= 0.3 is 0 Å². The molecule has 180 valence electrons. The number of carbonyl (C=O) groups is 2. The maximum atomic E-state index is 13.5. The van der Waals surface area contributed by atoms with E-state index >= 15 is 0 Å². The van der Waals surface area contributed by atoms with E-state index in [1.807, 2.05) is 13.8 Å². The first kappa shape index (κ1) is 24.9. The van der Waals surface area contributed by atoms with E-state index in [1.165, 1.54) is 10.5 Å². The van der Waals surface area contributed by atoms with Crippen LogP contribution in [0.25, 0.3) is 4.96 Å². The van der Waals surface area contributed by atoms with Crippen LogP contribution in [0.3, 0.4) is 0 Å². The molecule has 2 N–H and O–H groups in total. The van der Waals surface area contributed by atoms with E-state index in [0.717, 1.165) is 28.9 Å². The molecule has 4 rings (SSSR count). The van der Waals surface area contributed by atoms with Crippen LogP contribution in [0.4, 0.5) is 11.4 Å². The van der Waals surface area contributed by atoms with Crippen molar-refractivity contribution in [2.75, 3.05) is 10.6 Å². The summed E-state index contributed by atoms with van der Waals surface area (Å²) in [6, 6.07) is 11.5. The zero-order valence-corrected chi connectivity index (χ0v) is 21.6. The standard InChI is InChI=1S/C25H22Cl2N4O3S/c1-4-5-17-12-20(32)31-21(23(33)29-18-8-6-15(26)10-13(18)2)22(35-25(31)28-17)24(34)30-19-9-7-16(27)11-14(19)3/h6-12H,4-5H2,1-3H3,(H,29,33)(H,30,34). The van der Waals surface area contributed by atoms with Crippen molar-refractivity contribution >= 4 is 62.7 Å². The van der Waals surface area contributed by atoms with Crippen LogP contribution >= 0.6 is 34.5 Å². The van der Waals surface area contributed by atoms with Crippen LogP contribution in [-0.2, 0) is 6.42 Å². The van der Waals surface area contributed by atoms with Gasteiger partial charge in [0.25, 0.3) is 17.4 Å². The Labute approximate surface area is 215 Å². The molecule has 7 nitrogen and oxygen atoms in total. The number of benzene rings is 2. The van der Waals surface area contributed by atoms with Gasteiger partial charge in [-0.25, -0.2) is 9.38 Å². The van der Waals surface area contributed by atoms with E-state index in [2.05, 4.69) is 15.6 Å². The first-order valence-electron chi connectivity index (χ1n) is 10.9. The number of halogens is 2. The Kier molecular flexibility index (Phi) is 7.25. The number of aryl methyl sites for hydroxylation is 3. The second-order valence-electron chi connectivity index (χ2n) is 8.06. The van der Waals surface area contributed by atoms with Crippen LogP contribution in [0.2, 0.25) is 10.0 Å². The lowest BCUT2D eigenvalue weighted by atomic mass is 10.2. The molecule has 0 unspecified atom stereocenters. The molecule has 4 aromatic rings. The molecule has 2 heterocycles. The highest BCUT2D eigenvalue weighted by Crippen LogP contribution is 2.27. The maximum Gasteiger partial charge on any atom is 0.274 e. The van der Waals surface area contributed by atoms with Gasteiger partial charge in [0.15, 0.2) is 4.96 Å². The fourth-order valence-corrected chi connectivity index (χ4v) is 5.16. The fourth-order valence-electron chi connectivity index (χ4n) is 3.66. The molecule has 2 amide bonds. The first-order valence-corrected chi connectivity index (χ1v) is 12.5. The van der Waals surface area contributed by atoms with Gasteiger partial charge in [0, 0.05) is 33.2 Å². The summed E-state index contributed by atoms with van der Waals surface area (Å²) in [4.78, 5) is 44.7. The highest BCUT2D eigenvalue weighted by atomic mass is 35.5. The molecule has 2 aromatic heterocycles. The van der Waals surface area contributed by atoms with Crippen molar-refractivity contribution in [3.05, 3.63) is 90.3 Å². The van der Waals surface area contributed by atoms with Gasteiger partial charge in [-0.1, -0.05) is 47.9 Å². The van der Waals surface area contributed by atoms with Gasteiger partial charge in [-0.3, -0.25) is 14.4 Å². The van der Waals surface area contributed by atoms with Gasteiger partial charge in [0.2, 0.25) is 0 Å². The highest BCUT2D eigenvalue weighted by molar-refractivity contribution is 7.19. The number of hydrogen-bond acceptors (Lipinski definition) is 5. The molecule has 0 atom stereocenters. The fraction of sp³-hybridized carbons (Fsp3) is 0.200. The molecule has 2 aromatic carbocycles. The molecule has 10 heteroatoms. The number of nitrogens with zero attached hydrogens (tertiary/aromatic N) is 2. The number of amides is 2. The minimum absolute atomic E-state index is 0.0710. The number of nitrogens with one attached hydrogen (secondary N) is 2. The summed E-state index contributed by atoms with van der Waals surface area (Å²) in [6.45, 7) is 5.60. The Bertz CT molecular complexity index is 1530. The van der Waals surface area contributed by atoms with Gasteiger partial charge in [-0.15, -0.1) is 0 Å². The summed E-state index contributed by atoms with van der Waals surface area (Å²) in [7, 11) is 0. The molecule has 0 bridgehead atoms. The van der Waals surface area contributed by atoms with E-state index < -0.39 is 17.4 Å². The summed E-state index contributed by atoms with van der Waals surface area (Å²) in [5.41, 5.74) is 2.67. The van der Waals surface area contributed by atoms with Crippen LogP contribution in [-0.4, -0.2) is 21.2 Å². The third-order valence-corrected chi connectivity index (χ3v) is 6.88. The largest absolute Gasteiger partial charge is 0.321 e. The normalized spacial score (nSPS) is 11.0. The van der Waals surface area contributed by atoms with Gasteiger partial charge < -0.3 is 10.6 Å². The van der Waals surface area contributed by atoms with Crippen LogP contribution in [0.15, 0.2) is 47.3 Å². The lowest BCUT2D eigenvalue weighted by Crippen LogP contribution is -2.25. The predicted octanol–water partition coefficient (Wildman–Crippen LogP) is 6.14. The second kappa shape index (κ2) is 10.2. The average Bonchev–Trinajstić information content (AvgIpc) is 3.18. The smallest absolute Gasteiger partial charge is 0.274 e. The van der Waals surface area contributed by atoms with Crippen molar-refractivity contribution in [2.24, 2.45) is 0 Å². The summed E-state index contributed by atoms with van der Waals surface area (Å²) >= 11 is 13.1.